The number of nitrogens with two attached hydrogens (primary N) is 1. The minimum absolute atomic E-state index is 0.0306. The Morgan fingerprint density at radius 1 is 1.19 bits per heavy atom. The summed E-state index contributed by atoms with van der Waals surface area (Å²) in [6.07, 6.45) is 1.22. The first-order valence-electron chi connectivity index (χ1n) is 6.47. The van der Waals surface area contributed by atoms with Crippen molar-refractivity contribution in [2.24, 2.45) is 0 Å². The molecule has 0 saturated heterocycles. The molecule has 0 aromatic heterocycles. The van der Waals surface area contributed by atoms with E-state index in [1.807, 2.05) is 24.3 Å². The van der Waals surface area contributed by atoms with Gasteiger partial charge in [-0.15, -0.1) is 0 Å². The van der Waals surface area contributed by atoms with Crippen molar-refractivity contribution >= 4 is 56.2 Å². The Hall–Kier alpha value is -1.72. The molecule has 0 bridgehead atoms. The van der Waals surface area contributed by atoms with E-state index in [-0.39, 0.29) is 5.91 Å². The van der Waals surface area contributed by atoms with E-state index in [1.165, 1.54) is 0 Å². The number of nitrogen functional groups attached to an aromatic ring is 1. The third-order valence-corrected chi connectivity index (χ3v) is 4.26. The van der Waals surface area contributed by atoms with E-state index in [0.29, 0.717) is 17.1 Å². The van der Waals surface area contributed by atoms with Gasteiger partial charge in [0.2, 0.25) is 5.91 Å². The highest BCUT2D eigenvalue weighted by atomic mass is 79.9. The van der Waals surface area contributed by atoms with Gasteiger partial charge >= 0.3 is 0 Å². The van der Waals surface area contributed by atoms with Gasteiger partial charge in [0.05, 0.1) is 17.1 Å². The molecule has 108 valence electrons. The second kappa shape index (κ2) is 5.58. The monoisotopic (exact) mass is 365 g/mol. The van der Waals surface area contributed by atoms with Crippen molar-refractivity contribution in [1.82, 2.24) is 0 Å². The summed E-state index contributed by atoms with van der Waals surface area (Å²) in [6, 6.07) is 9.28. The average molecular weight is 367 g/mol. The number of rotatable bonds is 2. The molecule has 3 rings (SSSR count). The Labute approximate surface area is 135 Å². The molecule has 0 radical (unpaired) electrons. The van der Waals surface area contributed by atoms with E-state index >= 15 is 0 Å². The molecule has 21 heavy (non-hydrogen) atoms. The van der Waals surface area contributed by atoms with E-state index < -0.39 is 0 Å². The average Bonchev–Trinajstić information content (AvgIpc) is 2.42. The van der Waals surface area contributed by atoms with Crippen LogP contribution in [0.1, 0.15) is 12.0 Å². The number of hydrogen-bond donors (Lipinski definition) is 3. The van der Waals surface area contributed by atoms with Crippen LogP contribution in [0.15, 0.2) is 34.8 Å². The number of hydrogen-bond acceptors (Lipinski definition) is 3. The maximum Gasteiger partial charge on any atom is 0.224 e. The lowest BCUT2D eigenvalue weighted by Crippen LogP contribution is -2.19. The number of carbonyl (C=O) groups is 1. The fourth-order valence-electron chi connectivity index (χ4n) is 2.29. The Balaban J connectivity index is 1.94. The number of aryl methyl sites for hydroxylation is 1. The van der Waals surface area contributed by atoms with Gasteiger partial charge in [-0.2, -0.15) is 0 Å². The van der Waals surface area contributed by atoms with Gasteiger partial charge in [-0.3, -0.25) is 4.79 Å². The molecule has 0 atom stereocenters. The Kier molecular flexibility index (Phi) is 3.78. The van der Waals surface area contributed by atoms with E-state index in [9.17, 15) is 4.79 Å². The van der Waals surface area contributed by atoms with E-state index in [4.69, 9.17) is 17.3 Å². The number of carbonyl (C=O) groups excluding carboxylic acids is 1. The molecule has 2 aromatic carbocycles. The van der Waals surface area contributed by atoms with Gasteiger partial charge in [0.25, 0.3) is 0 Å². The zero-order valence-corrected chi connectivity index (χ0v) is 13.4. The van der Waals surface area contributed by atoms with Gasteiger partial charge in [0, 0.05) is 21.6 Å². The third-order valence-electron chi connectivity index (χ3n) is 3.37. The van der Waals surface area contributed by atoms with Crippen molar-refractivity contribution < 1.29 is 4.79 Å². The summed E-state index contributed by atoms with van der Waals surface area (Å²) in [5.74, 6) is 0.0306. The zero-order chi connectivity index (χ0) is 15.0. The fraction of sp³-hybridized carbons (Fsp3) is 0.133. The van der Waals surface area contributed by atoms with Gasteiger partial charge in [-0.05, 0) is 58.2 Å². The van der Waals surface area contributed by atoms with Crippen LogP contribution in [0.3, 0.4) is 0 Å². The summed E-state index contributed by atoms with van der Waals surface area (Å²) >= 11 is 9.40. The van der Waals surface area contributed by atoms with Crippen molar-refractivity contribution in [3.8, 4) is 0 Å². The molecule has 0 unspecified atom stereocenters. The molecule has 1 amide bonds. The first kappa shape index (κ1) is 14.2. The number of amides is 1. The van der Waals surface area contributed by atoms with E-state index in [2.05, 4.69) is 26.6 Å². The molecule has 1 aliphatic heterocycles. The molecule has 2 aromatic rings. The minimum Gasteiger partial charge on any atom is -0.397 e. The van der Waals surface area contributed by atoms with Crippen molar-refractivity contribution in [3.05, 3.63) is 45.4 Å². The summed E-state index contributed by atoms with van der Waals surface area (Å²) in [5, 5.41) is 6.78. The largest absolute Gasteiger partial charge is 0.397 e. The van der Waals surface area contributed by atoms with Crippen molar-refractivity contribution in [3.63, 3.8) is 0 Å². The topological polar surface area (TPSA) is 67.1 Å². The van der Waals surface area contributed by atoms with Crippen LogP contribution in [-0.4, -0.2) is 5.91 Å². The lowest BCUT2D eigenvalue weighted by atomic mass is 10.0. The van der Waals surface area contributed by atoms with Crippen LogP contribution in [-0.2, 0) is 11.2 Å². The summed E-state index contributed by atoms with van der Waals surface area (Å²) in [7, 11) is 0. The lowest BCUT2D eigenvalue weighted by Gasteiger charge is -2.20. The van der Waals surface area contributed by atoms with Crippen molar-refractivity contribution in [2.75, 3.05) is 16.4 Å². The molecular weight excluding hydrogens is 354 g/mol. The summed E-state index contributed by atoms with van der Waals surface area (Å²) in [6.45, 7) is 0. The molecule has 0 saturated carbocycles. The lowest BCUT2D eigenvalue weighted by molar-refractivity contribution is -0.116. The first-order valence-corrected chi connectivity index (χ1v) is 7.64. The minimum atomic E-state index is 0.0306. The second-order valence-electron chi connectivity index (χ2n) is 4.89. The molecule has 6 heteroatoms. The molecule has 0 fully saturated rings. The van der Waals surface area contributed by atoms with Crippen molar-refractivity contribution in [2.45, 2.75) is 12.8 Å². The van der Waals surface area contributed by atoms with Crippen LogP contribution < -0.4 is 16.4 Å². The van der Waals surface area contributed by atoms with Gasteiger partial charge in [0.1, 0.15) is 0 Å². The molecular formula is C15H13BrClN3O. The van der Waals surface area contributed by atoms with E-state index in [0.717, 1.165) is 33.5 Å². The number of anilines is 4. The first-order chi connectivity index (χ1) is 10.0. The number of nitrogens with one attached hydrogen (secondary N) is 2. The summed E-state index contributed by atoms with van der Waals surface area (Å²) in [5.41, 5.74) is 10.2. The Morgan fingerprint density at radius 3 is 2.76 bits per heavy atom. The Bertz CT molecular complexity index is 733. The SMILES string of the molecule is Nc1cc2c(cc1Nc1ccc(Cl)cc1Br)CCC(=O)N2. The van der Waals surface area contributed by atoms with Crippen LogP contribution in [0.2, 0.25) is 5.02 Å². The highest BCUT2D eigenvalue weighted by molar-refractivity contribution is 9.10. The highest BCUT2D eigenvalue weighted by Gasteiger charge is 2.17. The maximum absolute atomic E-state index is 11.4. The van der Waals surface area contributed by atoms with E-state index in [1.54, 1.807) is 6.07 Å². The van der Waals surface area contributed by atoms with Crippen LogP contribution in [0.25, 0.3) is 0 Å². The van der Waals surface area contributed by atoms with Gasteiger partial charge in [-0.1, -0.05) is 11.6 Å². The van der Waals surface area contributed by atoms with Crippen molar-refractivity contribution in [1.29, 1.82) is 0 Å². The molecule has 0 spiro atoms. The van der Waals surface area contributed by atoms with Gasteiger partial charge < -0.3 is 16.4 Å². The molecule has 4 N–H and O–H groups in total. The third kappa shape index (κ3) is 2.99. The fourth-order valence-corrected chi connectivity index (χ4v) is 3.07. The normalized spacial score (nSPS) is 13.5. The van der Waals surface area contributed by atoms with Crippen LogP contribution in [0, 0.1) is 0 Å². The molecule has 1 aliphatic rings. The standard InChI is InChI=1S/C15H13BrClN3O/c16-10-6-9(17)2-3-12(10)19-14-5-8-1-4-15(21)20-13(8)7-11(14)18/h2-3,5-7,19H,1,4,18H2,(H,20,21). The molecule has 0 aliphatic carbocycles. The van der Waals surface area contributed by atoms with Crippen LogP contribution in [0.5, 0.6) is 0 Å². The molecule has 1 heterocycles. The number of fused-ring (bicyclic) bond motifs is 1. The summed E-state index contributed by atoms with van der Waals surface area (Å²) < 4.78 is 0.862. The summed E-state index contributed by atoms with van der Waals surface area (Å²) in [4.78, 5) is 11.4. The second-order valence-corrected chi connectivity index (χ2v) is 6.18. The number of halogens is 2. The highest BCUT2D eigenvalue weighted by Crippen LogP contribution is 2.35. The quantitative estimate of drug-likeness (QED) is 0.694. The van der Waals surface area contributed by atoms with Gasteiger partial charge in [0.15, 0.2) is 0 Å². The van der Waals surface area contributed by atoms with Crippen LogP contribution in [0.4, 0.5) is 22.7 Å². The van der Waals surface area contributed by atoms with Crippen LogP contribution >= 0.6 is 27.5 Å². The zero-order valence-electron chi connectivity index (χ0n) is 11.0. The Morgan fingerprint density at radius 2 is 2.00 bits per heavy atom. The maximum atomic E-state index is 11.4. The number of benzene rings is 2. The predicted molar refractivity (Wildman–Crippen MR) is 90.2 cm³/mol. The smallest absolute Gasteiger partial charge is 0.224 e. The predicted octanol–water partition coefficient (Wildman–Crippen LogP) is 4.31. The molecule has 4 nitrogen and oxygen atoms in total. The van der Waals surface area contributed by atoms with Gasteiger partial charge in [-0.25, -0.2) is 0 Å².